The molecule has 24 heavy (non-hydrogen) atoms. The lowest BCUT2D eigenvalue weighted by Gasteiger charge is -2.37. The molecule has 3 N–H and O–H groups in total. The number of nitrogens with zero attached hydrogens (tertiary/aromatic N) is 2. The van der Waals surface area contributed by atoms with Crippen LogP contribution in [0.5, 0.6) is 0 Å². The minimum absolute atomic E-state index is 0.167. The van der Waals surface area contributed by atoms with Gasteiger partial charge in [0.05, 0.1) is 18.3 Å². The van der Waals surface area contributed by atoms with Crippen LogP contribution in [0.2, 0.25) is 0 Å². The zero-order chi connectivity index (χ0) is 17.3. The molecule has 1 unspecified atom stereocenters. The van der Waals surface area contributed by atoms with Crippen LogP contribution in [0.1, 0.15) is 47.4 Å². The zero-order valence-electron chi connectivity index (χ0n) is 13.8. The van der Waals surface area contributed by atoms with Crippen molar-refractivity contribution in [1.29, 1.82) is 0 Å². The Morgan fingerprint density at radius 2 is 2.25 bits per heavy atom. The molecule has 1 aliphatic carbocycles. The van der Waals surface area contributed by atoms with Crippen LogP contribution in [0.3, 0.4) is 0 Å². The quantitative estimate of drug-likeness (QED) is 0.759. The van der Waals surface area contributed by atoms with Gasteiger partial charge in [-0.25, -0.2) is 0 Å². The highest BCUT2D eigenvalue weighted by molar-refractivity contribution is 5.94. The van der Waals surface area contributed by atoms with E-state index in [2.05, 4.69) is 15.4 Å². The summed E-state index contributed by atoms with van der Waals surface area (Å²) >= 11 is 0. The lowest BCUT2D eigenvalue weighted by atomic mass is 9.75. The molecule has 1 atom stereocenters. The molecule has 1 amide bonds. The van der Waals surface area contributed by atoms with Crippen LogP contribution in [0.4, 0.5) is 0 Å². The molecule has 2 aromatic heterocycles. The molecule has 1 saturated carbocycles. The second kappa shape index (κ2) is 6.60. The van der Waals surface area contributed by atoms with Gasteiger partial charge < -0.3 is 15.4 Å². The molecule has 7 nitrogen and oxygen atoms in total. The van der Waals surface area contributed by atoms with Crippen molar-refractivity contribution in [3.8, 4) is 0 Å². The van der Waals surface area contributed by atoms with E-state index in [1.807, 2.05) is 20.2 Å². The Morgan fingerprint density at radius 3 is 2.83 bits per heavy atom. The minimum Gasteiger partial charge on any atom is -0.393 e. The standard InChI is InChI=1S/C17H22N4O3/c1-3-13-4-11(7-15(23)19-13)17(24)20-16(10-5-14(22)6-10)12-8-18-21(2)9-12/h4,7-10,14,16,22H,3,5-6H2,1-2H3,(H,19,23)(H,20,24). The minimum atomic E-state index is -0.308. The van der Waals surface area contributed by atoms with Crippen molar-refractivity contribution >= 4 is 5.91 Å². The lowest BCUT2D eigenvalue weighted by molar-refractivity contribution is 0.0235. The van der Waals surface area contributed by atoms with Gasteiger partial charge >= 0.3 is 0 Å². The maximum atomic E-state index is 12.6. The Kier molecular flexibility index (Phi) is 4.53. The van der Waals surface area contributed by atoms with Crippen molar-refractivity contribution in [2.45, 2.75) is 38.3 Å². The molecule has 3 rings (SSSR count). The third-order valence-corrected chi connectivity index (χ3v) is 4.53. The number of carbonyl (C=O) groups is 1. The molecule has 1 aliphatic rings. The van der Waals surface area contributed by atoms with Crippen molar-refractivity contribution in [2.75, 3.05) is 0 Å². The summed E-state index contributed by atoms with van der Waals surface area (Å²) in [4.78, 5) is 27.0. The molecule has 128 valence electrons. The average Bonchev–Trinajstić information content (AvgIpc) is 2.95. The predicted octanol–water partition coefficient (Wildman–Crippen LogP) is 0.913. The van der Waals surface area contributed by atoms with Crippen LogP contribution in [0.25, 0.3) is 0 Å². The molecule has 1 fully saturated rings. The number of rotatable bonds is 5. The number of aryl methyl sites for hydroxylation is 2. The Hall–Kier alpha value is -2.41. The third-order valence-electron chi connectivity index (χ3n) is 4.53. The van der Waals surface area contributed by atoms with Gasteiger partial charge in [-0.3, -0.25) is 14.3 Å². The van der Waals surface area contributed by atoms with E-state index in [1.165, 1.54) is 6.07 Å². The van der Waals surface area contributed by atoms with Crippen molar-refractivity contribution < 1.29 is 9.90 Å². The fourth-order valence-electron chi connectivity index (χ4n) is 3.12. The van der Waals surface area contributed by atoms with E-state index in [-0.39, 0.29) is 29.5 Å². The van der Waals surface area contributed by atoms with Crippen molar-refractivity contribution in [3.63, 3.8) is 0 Å². The Morgan fingerprint density at radius 1 is 1.50 bits per heavy atom. The molecule has 0 spiro atoms. The van der Waals surface area contributed by atoms with Gasteiger partial charge in [-0.2, -0.15) is 5.10 Å². The fourth-order valence-corrected chi connectivity index (χ4v) is 3.12. The van der Waals surface area contributed by atoms with Gasteiger partial charge in [-0.05, 0) is 31.2 Å². The first-order chi connectivity index (χ1) is 11.5. The van der Waals surface area contributed by atoms with E-state index in [1.54, 1.807) is 16.9 Å². The summed E-state index contributed by atoms with van der Waals surface area (Å²) in [5.74, 6) is -0.119. The van der Waals surface area contributed by atoms with Gasteiger partial charge in [0.2, 0.25) is 5.56 Å². The Labute approximate surface area is 139 Å². The van der Waals surface area contributed by atoms with Crippen LogP contribution >= 0.6 is 0 Å². The maximum absolute atomic E-state index is 12.6. The summed E-state index contributed by atoms with van der Waals surface area (Å²) in [7, 11) is 1.82. The summed E-state index contributed by atoms with van der Waals surface area (Å²) in [6.07, 6.45) is 5.23. The molecule has 0 aliphatic heterocycles. The van der Waals surface area contributed by atoms with Gasteiger partial charge in [0.15, 0.2) is 0 Å². The zero-order valence-corrected chi connectivity index (χ0v) is 13.8. The highest BCUT2D eigenvalue weighted by Crippen LogP contribution is 2.38. The monoisotopic (exact) mass is 330 g/mol. The van der Waals surface area contributed by atoms with Crippen LogP contribution in [-0.2, 0) is 13.5 Å². The number of aliphatic hydroxyl groups is 1. The van der Waals surface area contributed by atoms with E-state index >= 15 is 0 Å². The highest BCUT2D eigenvalue weighted by atomic mass is 16.3. The van der Waals surface area contributed by atoms with Crippen LogP contribution in [0, 0.1) is 5.92 Å². The summed E-state index contributed by atoms with van der Waals surface area (Å²) in [6.45, 7) is 1.92. The van der Waals surface area contributed by atoms with Crippen molar-refractivity contribution in [2.24, 2.45) is 13.0 Å². The van der Waals surface area contributed by atoms with E-state index in [9.17, 15) is 14.7 Å². The number of hydrogen-bond donors (Lipinski definition) is 3. The fraction of sp³-hybridized carbons (Fsp3) is 0.471. The van der Waals surface area contributed by atoms with Crippen LogP contribution < -0.4 is 10.9 Å². The van der Waals surface area contributed by atoms with Gasteiger partial charge in [0.25, 0.3) is 5.91 Å². The second-order valence-corrected chi connectivity index (χ2v) is 6.40. The van der Waals surface area contributed by atoms with Gasteiger partial charge in [0.1, 0.15) is 0 Å². The van der Waals surface area contributed by atoms with Crippen LogP contribution in [-0.4, -0.2) is 31.9 Å². The first-order valence-electron chi connectivity index (χ1n) is 8.17. The number of H-pyrrole nitrogens is 1. The number of carbonyl (C=O) groups excluding carboxylic acids is 1. The van der Waals surface area contributed by atoms with E-state index in [4.69, 9.17) is 0 Å². The summed E-state index contributed by atoms with van der Waals surface area (Å²) in [5.41, 5.74) is 1.70. The van der Waals surface area contributed by atoms with Crippen molar-refractivity contribution in [1.82, 2.24) is 20.1 Å². The Balaban J connectivity index is 1.83. The average molecular weight is 330 g/mol. The third kappa shape index (κ3) is 3.41. The lowest BCUT2D eigenvalue weighted by Crippen LogP contribution is -2.41. The maximum Gasteiger partial charge on any atom is 0.252 e. The molecule has 7 heteroatoms. The normalized spacial score (nSPS) is 21.1. The molecule has 0 saturated heterocycles. The molecule has 2 aromatic rings. The largest absolute Gasteiger partial charge is 0.393 e. The summed E-state index contributed by atoms with van der Waals surface area (Å²) in [6, 6.07) is 2.79. The Bertz CT molecular complexity index is 789. The number of aliphatic hydroxyl groups excluding tert-OH is 1. The summed E-state index contributed by atoms with van der Waals surface area (Å²) in [5, 5.41) is 16.8. The summed E-state index contributed by atoms with van der Waals surface area (Å²) < 4.78 is 1.69. The topological polar surface area (TPSA) is 100 Å². The van der Waals surface area contributed by atoms with E-state index in [0.717, 1.165) is 11.3 Å². The molecular formula is C17H22N4O3. The molecule has 0 bridgehead atoms. The molecule has 0 aromatic carbocycles. The first kappa shape index (κ1) is 16.4. The number of amides is 1. The van der Waals surface area contributed by atoms with Gasteiger partial charge in [0, 0.05) is 36.1 Å². The molecule has 2 heterocycles. The number of aromatic amines is 1. The van der Waals surface area contributed by atoms with Crippen molar-refractivity contribution in [3.05, 3.63) is 51.7 Å². The second-order valence-electron chi connectivity index (χ2n) is 6.40. The first-order valence-corrected chi connectivity index (χ1v) is 8.17. The number of aromatic nitrogens is 3. The highest BCUT2D eigenvalue weighted by Gasteiger charge is 2.36. The smallest absolute Gasteiger partial charge is 0.252 e. The number of nitrogens with one attached hydrogen (secondary N) is 2. The SMILES string of the molecule is CCc1cc(C(=O)NC(c2cnn(C)c2)C2CC(O)C2)cc(=O)[nH]1. The molecule has 0 radical (unpaired) electrons. The number of hydrogen-bond acceptors (Lipinski definition) is 4. The predicted molar refractivity (Wildman–Crippen MR) is 88.6 cm³/mol. The van der Waals surface area contributed by atoms with E-state index in [0.29, 0.717) is 24.8 Å². The molecular weight excluding hydrogens is 308 g/mol. The van der Waals surface area contributed by atoms with Crippen LogP contribution in [0.15, 0.2) is 29.3 Å². The van der Waals surface area contributed by atoms with Gasteiger partial charge in [-0.1, -0.05) is 6.92 Å². The van der Waals surface area contributed by atoms with E-state index < -0.39 is 0 Å². The number of pyridine rings is 1. The van der Waals surface area contributed by atoms with Gasteiger partial charge in [-0.15, -0.1) is 0 Å².